The topological polar surface area (TPSA) is 101 Å². The SMILES string of the molecule is Cc1nc(NCc2cn(Cc3cc(F)ccc3C(F)(F)F)nn2)nc2c1NC(=O)[C@H](C)N2C. The fraction of sp³-hybridized carbons (Fsp3) is 0.350. The lowest BCUT2D eigenvalue weighted by Crippen LogP contribution is -2.44. The Morgan fingerprint density at radius 2 is 2.00 bits per heavy atom. The summed E-state index contributed by atoms with van der Waals surface area (Å²) in [6.07, 6.45) is -3.16. The van der Waals surface area contributed by atoms with Crippen LogP contribution in [0.15, 0.2) is 24.4 Å². The van der Waals surface area contributed by atoms with Gasteiger partial charge in [-0.3, -0.25) is 4.79 Å². The minimum absolute atomic E-state index is 0.152. The number of carbonyl (C=O) groups is 1. The van der Waals surface area contributed by atoms with Gasteiger partial charge < -0.3 is 15.5 Å². The number of likely N-dealkylation sites (N-methyl/N-ethyl adjacent to an activating group) is 1. The van der Waals surface area contributed by atoms with Crippen molar-refractivity contribution in [3.05, 3.63) is 52.7 Å². The van der Waals surface area contributed by atoms with Crippen LogP contribution in [-0.2, 0) is 24.1 Å². The molecule has 3 heterocycles. The number of aromatic nitrogens is 5. The summed E-state index contributed by atoms with van der Waals surface area (Å²) in [7, 11) is 1.76. The molecular formula is C20H20F4N8O. The summed E-state index contributed by atoms with van der Waals surface area (Å²) in [5, 5.41) is 13.6. The summed E-state index contributed by atoms with van der Waals surface area (Å²) in [6, 6.07) is 1.92. The Kier molecular flexibility index (Phi) is 5.64. The van der Waals surface area contributed by atoms with Crippen LogP contribution < -0.4 is 15.5 Å². The molecule has 0 bridgehead atoms. The molecule has 0 saturated carbocycles. The lowest BCUT2D eigenvalue weighted by atomic mass is 10.1. The van der Waals surface area contributed by atoms with Gasteiger partial charge in [0, 0.05) is 7.05 Å². The van der Waals surface area contributed by atoms with E-state index in [0.29, 0.717) is 34.9 Å². The van der Waals surface area contributed by atoms with Crippen molar-refractivity contribution < 1.29 is 22.4 Å². The van der Waals surface area contributed by atoms with Crippen LogP contribution in [0.4, 0.5) is 35.0 Å². The van der Waals surface area contributed by atoms with Gasteiger partial charge in [-0.1, -0.05) is 5.21 Å². The zero-order valence-corrected chi connectivity index (χ0v) is 17.9. The van der Waals surface area contributed by atoms with Gasteiger partial charge in [-0.2, -0.15) is 18.2 Å². The van der Waals surface area contributed by atoms with Crippen molar-refractivity contribution in [2.45, 2.75) is 39.2 Å². The van der Waals surface area contributed by atoms with Gasteiger partial charge in [-0.25, -0.2) is 14.1 Å². The molecular weight excluding hydrogens is 444 g/mol. The van der Waals surface area contributed by atoms with E-state index in [9.17, 15) is 22.4 Å². The van der Waals surface area contributed by atoms with Crippen LogP contribution in [0.5, 0.6) is 0 Å². The highest BCUT2D eigenvalue weighted by Crippen LogP contribution is 2.33. The number of rotatable bonds is 5. The van der Waals surface area contributed by atoms with Crippen molar-refractivity contribution >= 4 is 23.4 Å². The summed E-state index contributed by atoms with van der Waals surface area (Å²) in [4.78, 5) is 22.5. The molecule has 1 amide bonds. The predicted molar refractivity (Wildman–Crippen MR) is 111 cm³/mol. The number of nitrogens with one attached hydrogen (secondary N) is 2. The van der Waals surface area contributed by atoms with Crippen LogP contribution in [0.25, 0.3) is 0 Å². The third kappa shape index (κ3) is 4.56. The van der Waals surface area contributed by atoms with E-state index >= 15 is 0 Å². The molecule has 3 aromatic rings. The zero-order chi connectivity index (χ0) is 23.9. The molecule has 0 aliphatic carbocycles. The van der Waals surface area contributed by atoms with Gasteiger partial charge in [-0.15, -0.1) is 5.10 Å². The third-order valence-corrected chi connectivity index (χ3v) is 5.33. The maximum absolute atomic E-state index is 13.5. The Bertz CT molecular complexity index is 1210. The summed E-state index contributed by atoms with van der Waals surface area (Å²) in [5.74, 6) is -0.0663. The number of benzene rings is 1. The van der Waals surface area contributed by atoms with Crippen molar-refractivity contribution in [3.8, 4) is 0 Å². The average Bonchev–Trinajstić information content (AvgIpc) is 3.18. The predicted octanol–water partition coefficient (Wildman–Crippen LogP) is 2.97. The van der Waals surface area contributed by atoms with Crippen molar-refractivity contribution in [1.29, 1.82) is 0 Å². The molecule has 1 aromatic carbocycles. The van der Waals surface area contributed by atoms with E-state index in [4.69, 9.17) is 0 Å². The van der Waals surface area contributed by atoms with Gasteiger partial charge in [0.15, 0.2) is 5.82 Å². The fourth-order valence-corrected chi connectivity index (χ4v) is 3.44. The molecule has 1 aliphatic heterocycles. The van der Waals surface area contributed by atoms with Crippen molar-refractivity contribution in [2.24, 2.45) is 0 Å². The molecule has 2 aromatic heterocycles. The third-order valence-electron chi connectivity index (χ3n) is 5.33. The second kappa shape index (κ2) is 8.30. The van der Waals surface area contributed by atoms with Crippen LogP contribution in [0.2, 0.25) is 0 Å². The molecule has 174 valence electrons. The van der Waals surface area contributed by atoms with E-state index in [1.54, 1.807) is 25.8 Å². The summed E-state index contributed by atoms with van der Waals surface area (Å²) in [6.45, 7) is 3.35. The monoisotopic (exact) mass is 464 g/mol. The van der Waals surface area contributed by atoms with E-state index < -0.39 is 23.6 Å². The number of hydrogen-bond donors (Lipinski definition) is 2. The van der Waals surface area contributed by atoms with Crippen LogP contribution in [0.1, 0.15) is 29.4 Å². The first-order valence-corrected chi connectivity index (χ1v) is 9.93. The van der Waals surface area contributed by atoms with E-state index in [0.717, 1.165) is 12.1 Å². The van der Waals surface area contributed by atoms with Crippen LogP contribution in [0, 0.1) is 12.7 Å². The van der Waals surface area contributed by atoms with Gasteiger partial charge in [0.1, 0.15) is 23.2 Å². The second-order valence-corrected chi connectivity index (χ2v) is 7.67. The Balaban J connectivity index is 1.48. The van der Waals surface area contributed by atoms with Crippen molar-refractivity contribution in [2.75, 3.05) is 22.6 Å². The lowest BCUT2D eigenvalue weighted by molar-refractivity contribution is -0.138. The number of alkyl halides is 3. The molecule has 9 nitrogen and oxygen atoms in total. The van der Waals surface area contributed by atoms with Gasteiger partial charge in [0.2, 0.25) is 11.9 Å². The maximum Gasteiger partial charge on any atom is 0.416 e. The van der Waals surface area contributed by atoms with Crippen LogP contribution >= 0.6 is 0 Å². The molecule has 0 spiro atoms. The smallest absolute Gasteiger partial charge is 0.348 e. The van der Waals surface area contributed by atoms with Crippen LogP contribution in [-0.4, -0.2) is 44.0 Å². The highest BCUT2D eigenvalue weighted by molar-refractivity contribution is 6.03. The number of nitrogens with zero attached hydrogens (tertiary/aromatic N) is 6. The molecule has 0 radical (unpaired) electrons. The van der Waals surface area contributed by atoms with E-state index in [1.807, 2.05) is 0 Å². The summed E-state index contributed by atoms with van der Waals surface area (Å²) >= 11 is 0. The first kappa shape index (κ1) is 22.4. The number of aryl methyl sites for hydroxylation is 1. The van der Waals surface area contributed by atoms with Gasteiger partial charge >= 0.3 is 6.18 Å². The number of anilines is 3. The number of hydrogen-bond acceptors (Lipinski definition) is 7. The minimum atomic E-state index is -4.61. The molecule has 2 N–H and O–H groups in total. The molecule has 0 saturated heterocycles. The Hall–Kier alpha value is -3.77. The quantitative estimate of drug-likeness (QED) is 0.560. The maximum atomic E-state index is 13.5. The second-order valence-electron chi connectivity index (χ2n) is 7.67. The fourth-order valence-electron chi connectivity index (χ4n) is 3.44. The number of fused-ring (bicyclic) bond motifs is 1. The Morgan fingerprint density at radius 3 is 2.73 bits per heavy atom. The lowest BCUT2D eigenvalue weighted by Gasteiger charge is -2.32. The van der Waals surface area contributed by atoms with Crippen molar-refractivity contribution in [1.82, 2.24) is 25.0 Å². The Labute approximate surface area is 185 Å². The van der Waals surface area contributed by atoms with Crippen molar-refractivity contribution in [3.63, 3.8) is 0 Å². The molecule has 13 heteroatoms. The standard InChI is InChI=1S/C20H20F4N8O/c1-10-16-17(31(3)11(2)18(33)27-16)28-19(26-10)25-7-14-9-32(30-29-14)8-12-6-13(21)4-5-15(12)20(22,23)24/h4-6,9,11H,7-8H2,1-3H3,(H,27,33)(H,25,26,28)/t11-/m0/s1. The zero-order valence-electron chi connectivity index (χ0n) is 17.9. The van der Waals surface area contributed by atoms with Gasteiger partial charge in [0.25, 0.3) is 0 Å². The number of carbonyl (C=O) groups excluding carboxylic acids is 1. The normalized spacial score (nSPS) is 15.9. The molecule has 0 unspecified atom stereocenters. The first-order chi connectivity index (χ1) is 15.5. The summed E-state index contributed by atoms with van der Waals surface area (Å²) < 4.78 is 54.3. The molecule has 1 atom stereocenters. The highest BCUT2D eigenvalue weighted by Gasteiger charge is 2.33. The van der Waals surface area contributed by atoms with Gasteiger partial charge in [-0.05, 0) is 37.6 Å². The van der Waals surface area contributed by atoms with E-state index in [1.165, 1.54) is 10.9 Å². The number of halogens is 4. The largest absolute Gasteiger partial charge is 0.416 e. The van der Waals surface area contributed by atoms with E-state index in [2.05, 4.69) is 30.9 Å². The average molecular weight is 464 g/mol. The first-order valence-electron chi connectivity index (χ1n) is 9.93. The summed E-state index contributed by atoms with van der Waals surface area (Å²) in [5.41, 5.74) is 0.355. The van der Waals surface area contributed by atoms with Gasteiger partial charge in [0.05, 0.1) is 30.5 Å². The molecule has 33 heavy (non-hydrogen) atoms. The molecule has 4 rings (SSSR count). The number of amides is 1. The highest BCUT2D eigenvalue weighted by atomic mass is 19.4. The van der Waals surface area contributed by atoms with Crippen LogP contribution in [0.3, 0.4) is 0 Å². The van der Waals surface area contributed by atoms with E-state index in [-0.39, 0.29) is 24.6 Å². The Morgan fingerprint density at radius 1 is 1.24 bits per heavy atom. The molecule has 1 aliphatic rings. The minimum Gasteiger partial charge on any atom is -0.348 e. The molecule has 0 fully saturated rings.